The topological polar surface area (TPSA) is 141 Å². The van der Waals surface area contributed by atoms with Crippen LogP contribution in [0.15, 0.2) is 0 Å². The van der Waals surface area contributed by atoms with Gasteiger partial charge in [0.25, 0.3) is 0 Å². The predicted molar refractivity (Wildman–Crippen MR) is 36.1 cm³/mol. The first-order valence-corrected chi connectivity index (χ1v) is 3.45. The van der Waals surface area contributed by atoms with Crippen LogP contribution in [0.2, 0.25) is 0 Å². The van der Waals surface area contributed by atoms with Gasteiger partial charge < -0.3 is 35.4 Å². The predicted octanol–water partition coefficient (Wildman–Crippen LogP) is -7.82. The van der Waals surface area contributed by atoms with Gasteiger partial charge in [-0.1, -0.05) is 0 Å². The Bertz CT molecular complexity index is 176. The third kappa shape index (κ3) is 4.67. The van der Waals surface area contributed by atoms with E-state index in [-0.39, 0.29) is 29.6 Å². The molecule has 0 aromatic carbocycles. The van der Waals surface area contributed by atoms with E-state index in [4.69, 9.17) is 25.5 Å². The summed E-state index contributed by atoms with van der Waals surface area (Å²) in [5.41, 5.74) is 0. The molecule has 5 N–H and O–H groups in total. The summed E-state index contributed by atoms with van der Waals surface area (Å²) in [7, 11) is 0. The average molecular weight is 218 g/mol. The van der Waals surface area contributed by atoms with Crippen LogP contribution in [-0.4, -0.2) is 62.5 Å². The third-order valence-corrected chi connectivity index (χ3v) is 1.50. The molecule has 0 saturated carbocycles. The number of carbonyl (C=O) groups excluding carboxylic acids is 1. The smallest absolute Gasteiger partial charge is 0.547 e. The average Bonchev–Trinajstić information content (AvgIpc) is 2.12. The number of carbonyl (C=O) groups is 1. The summed E-state index contributed by atoms with van der Waals surface area (Å²) < 4.78 is 0. The van der Waals surface area contributed by atoms with Gasteiger partial charge in [-0.25, -0.2) is 0 Å². The van der Waals surface area contributed by atoms with Gasteiger partial charge in [0.05, 0.1) is 12.6 Å². The maximum absolute atomic E-state index is 9.98. The van der Waals surface area contributed by atoms with Crippen molar-refractivity contribution in [2.75, 3.05) is 6.61 Å². The molecule has 0 fully saturated rings. The molecule has 0 saturated heterocycles. The van der Waals surface area contributed by atoms with Gasteiger partial charge in [0.1, 0.15) is 24.4 Å². The van der Waals surface area contributed by atoms with Crippen molar-refractivity contribution in [3.8, 4) is 0 Å². The van der Waals surface area contributed by atoms with Crippen LogP contribution in [0.1, 0.15) is 0 Å². The molecule has 0 aliphatic heterocycles. The van der Waals surface area contributed by atoms with Crippen molar-refractivity contribution in [1.29, 1.82) is 0 Å². The van der Waals surface area contributed by atoms with Crippen molar-refractivity contribution in [2.24, 2.45) is 0 Å². The fourth-order valence-corrected chi connectivity index (χ4v) is 0.662. The summed E-state index contributed by atoms with van der Waals surface area (Å²) in [6, 6.07) is 0. The zero-order valence-electron chi connectivity index (χ0n) is 7.57. The van der Waals surface area contributed by atoms with Crippen LogP contribution in [0.4, 0.5) is 0 Å². The summed E-state index contributed by atoms with van der Waals surface area (Å²) in [6.07, 6.45) is -8.08. The molecule has 0 heterocycles. The van der Waals surface area contributed by atoms with E-state index in [1.165, 1.54) is 0 Å². The molecule has 0 radical (unpaired) electrons. The van der Waals surface area contributed by atoms with E-state index in [2.05, 4.69) is 0 Å². The van der Waals surface area contributed by atoms with Gasteiger partial charge in [-0.3, -0.25) is 0 Å². The molecule has 0 aliphatic rings. The van der Waals surface area contributed by atoms with Gasteiger partial charge in [-0.15, -0.1) is 0 Å². The van der Waals surface area contributed by atoms with Gasteiger partial charge in [-0.2, -0.15) is 0 Å². The zero-order valence-corrected chi connectivity index (χ0v) is 9.57. The summed E-state index contributed by atoms with van der Waals surface area (Å²) in [6.45, 7) is -0.863. The fraction of sp³-hybridized carbons (Fsp3) is 0.833. The van der Waals surface area contributed by atoms with Gasteiger partial charge in [0, 0.05) is 0 Å². The molecule has 0 rings (SSSR count). The van der Waals surface area contributed by atoms with Crippen molar-refractivity contribution in [2.45, 2.75) is 24.4 Å². The first-order valence-electron chi connectivity index (χ1n) is 3.45. The molecule has 0 aromatic rings. The third-order valence-electron chi connectivity index (χ3n) is 1.50. The molecular formula is C6H11NaO7. The second-order valence-electron chi connectivity index (χ2n) is 2.49. The standard InChI is InChI=1S/C6H12O7.Na/c7-1-2(8)3(9)4(10)5(11)6(12)13;/h2-5,7-11H,1H2,(H,12,13);/q;+1/p-1/t2-,3-,4-,5-;/m1./s1. The van der Waals surface area contributed by atoms with Crippen molar-refractivity contribution in [3.05, 3.63) is 0 Å². The Labute approximate surface area is 102 Å². The monoisotopic (exact) mass is 218 g/mol. The van der Waals surface area contributed by atoms with E-state index in [0.29, 0.717) is 0 Å². The van der Waals surface area contributed by atoms with E-state index < -0.39 is 37.0 Å². The first kappa shape index (κ1) is 16.7. The Morgan fingerprint density at radius 1 is 1.14 bits per heavy atom. The van der Waals surface area contributed by atoms with E-state index in [1.54, 1.807) is 0 Å². The largest absolute Gasteiger partial charge is 1.00 e. The van der Waals surface area contributed by atoms with Crippen molar-refractivity contribution in [3.63, 3.8) is 0 Å². The first-order chi connectivity index (χ1) is 5.91. The maximum atomic E-state index is 9.98. The van der Waals surface area contributed by atoms with Crippen molar-refractivity contribution < 1.29 is 65.0 Å². The van der Waals surface area contributed by atoms with E-state index >= 15 is 0 Å². The number of aliphatic hydroxyl groups excluding tert-OH is 5. The zero-order chi connectivity index (χ0) is 10.6. The van der Waals surface area contributed by atoms with Gasteiger partial charge in [0.2, 0.25) is 0 Å². The maximum Gasteiger partial charge on any atom is 1.00 e. The quantitative estimate of drug-likeness (QED) is 0.288. The molecule has 8 heteroatoms. The molecule has 4 atom stereocenters. The second kappa shape index (κ2) is 7.55. The Hall–Kier alpha value is 0.270. The molecule has 0 amide bonds. The van der Waals surface area contributed by atoms with Gasteiger partial charge >= 0.3 is 29.6 Å². The minimum Gasteiger partial charge on any atom is -0.547 e. The van der Waals surface area contributed by atoms with Crippen LogP contribution in [-0.2, 0) is 4.79 Å². The number of hydrogen-bond donors (Lipinski definition) is 5. The van der Waals surface area contributed by atoms with Crippen LogP contribution < -0.4 is 34.7 Å². The summed E-state index contributed by atoms with van der Waals surface area (Å²) in [5.74, 6) is -1.98. The number of hydrogen-bond acceptors (Lipinski definition) is 7. The number of aliphatic carboxylic acids is 1. The molecule has 0 spiro atoms. The molecule has 78 valence electrons. The number of carboxylic acids is 1. The Kier molecular flexibility index (Phi) is 9.00. The summed E-state index contributed by atoms with van der Waals surface area (Å²) in [5, 5.41) is 53.4. The fourth-order valence-electron chi connectivity index (χ4n) is 0.662. The van der Waals surface area contributed by atoms with E-state index in [9.17, 15) is 9.90 Å². The van der Waals surface area contributed by atoms with Gasteiger partial charge in [0.15, 0.2) is 0 Å². The van der Waals surface area contributed by atoms with Crippen LogP contribution in [0.5, 0.6) is 0 Å². The minimum atomic E-state index is -2.31. The Balaban J connectivity index is 0. The number of aliphatic hydroxyl groups is 5. The second-order valence-corrected chi connectivity index (χ2v) is 2.49. The normalized spacial score (nSPS) is 18.9. The van der Waals surface area contributed by atoms with Crippen LogP contribution in [0, 0.1) is 0 Å². The van der Waals surface area contributed by atoms with E-state index in [1.807, 2.05) is 0 Å². The summed E-state index contributed by atoms with van der Waals surface area (Å²) in [4.78, 5) is 9.98. The SMILES string of the molecule is O=C([O-])[C@H](O)[C@H](O)[C@H](O)[C@H](O)CO.[Na+]. The number of rotatable bonds is 5. The molecule has 0 unspecified atom stereocenters. The van der Waals surface area contributed by atoms with Crippen molar-refractivity contribution in [1.82, 2.24) is 0 Å². The van der Waals surface area contributed by atoms with Crippen LogP contribution in [0.3, 0.4) is 0 Å². The molecular weight excluding hydrogens is 207 g/mol. The summed E-state index contributed by atoms with van der Waals surface area (Å²) >= 11 is 0. The molecule has 0 aliphatic carbocycles. The minimum absolute atomic E-state index is 0. The van der Waals surface area contributed by atoms with E-state index in [0.717, 1.165) is 0 Å². The van der Waals surface area contributed by atoms with Crippen LogP contribution >= 0.6 is 0 Å². The molecule has 0 bridgehead atoms. The molecule has 0 aromatic heterocycles. The molecule has 7 nitrogen and oxygen atoms in total. The van der Waals surface area contributed by atoms with Crippen LogP contribution in [0.25, 0.3) is 0 Å². The Morgan fingerprint density at radius 2 is 1.57 bits per heavy atom. The van der Waals surface area contributed by atoms with Gasteiger partial charge in [-0.05, 0) is 0 Å². The molecule has 14 heavy (non-hydrogen) atoms. The Morgan fingerprint density at radius 3 is 1.86 bits per heavy atom. The van der Waals surface area contributed by atoms with Crippen molar-refractivity contribution >= 4 is 5.97 Å². The number of carboxylic acid groups (broad SMARTS) is 1.